The molecule has 0 bridgehead atoms. The highest BCUT2D eigenvalue weighted by Gasteiger charge is 2.14. The van der Waals surface area contributed by atoms with Crippen LogP contribution in [-0.2, 0) is 7.05 Å². The predicted octanol–water partition coefficient (Wildman–Crippen LogP) is 2.15. The molecule has 1 unspecified atom stereocenters. The fourth-order valence-electron chi connectivity index (χ4n) is 1.82. The average Bonchev–Trinajstić information content (AvgIpc) is 2.70. The molecule has 1 aromatic heterocycles. The van der Waals surface area contributed by atoms with Crippen molar-refractivity contribution in [2.75, 3.05) is 0 Å². The topological polar surface area (TPSA) is 59.3 Å². The monoisotopic (exact) mass is 266 g/mol. The van der Waals surface area contributed by atoms with Crippen LogP contribution in [0.15, 0.2) is 23.5 Å². The number of rotatable bonds is 3. The Kier molecular flexibility index (Phi) is 4.15. The fraction of sp³-hybridized carbons (Fsp3) is 0.417. The van der Waals surface area contributed by atoms with Crippen LogP contribution in [0.3, 0.4) is 0 Å². The van der Waals surface area contributed by atoms with Crippen LogP contribution in [0.2, 0.25) is 5.02 Å². The van der Waals surface area contributed by atoms with Gasteiger partial charge in [0.05, 0.1) is 5.02 Å². The molecular formula is C12H15ClN4O. The van der Waals surface area contributed by atoms with E-state index in [0.717, 1.165) is 19.3 Å². The van der Waals surface area contributed by atoms with Gasteiger partial charge in [0.1, 0.15) is 0 Å². The van der Waals surface area contributed by atoms with E-state index >= 15 is 0 Å². The smallest absolute Gasteiger partial charge is 0.273 e. The third-order valence-corrected chi connectivity index (χ3v) is 3.04. The van der Waals surface area contributed by atoms with Crippen LogP contribution in [0.25, 0.3) is 0 Å². The number of nitrogens with one attached hydrogen (secondary N) is 1. The molecule has 0 spiro atoms. The van der Waals surface area contributed by atoms with Crippen LogP contribution in [-0.4, -0.2) is 21.9 Å². The highest BCUT2D eigenvalue weighted by Crippen LogP contribution is 2.16. The van der Waals surface area contributed by atoms with Gasteiger partial charge in [-0.3, -0.25) is 9.48 Å². The van der Waals surface area contributed by atoms with Crippen molar-refractivity contribution in [1.29, 1.82) is 0 Å². The Morgan fingerprint density at radius 2 is 2.50 bits per heavy atom. The van der Waals surface area contributed by atoms with Crippen LogP contribution in [0, 0.1) is 5.92 Å². The van der Waals surface area contributed by atoms with Gasteiger partial charge in [0.15, 0.2) is 5.69 Å². The van der Waals surface area contributed by atoms with Crippen LogP contribution >= 0.6 is 11.6 Å². The zero-order chi connectivity index (χ0) is 13.0. The maximum atomic E-state index is 11.7. The lowest BCUT2D eigenvalue weighted by Crippen LogP contribution is -2.20. The average molecular weight is 267 g/mol. The first-order valence-corrected chi connectivity index (χ1v) is 6.22. The molecule has 1 aliphatic rings. The van der Waals surface area contributed by atoms with Crippen molar-refractivity contribution in [3.63, 3.8) is 0 Å². The van der Waals surface area contributed by atoms with E-state index < -0.39 is 0 Å². The van der Waals surface area contributed by atoms with Gasteiger partial charge in [-0.15, -0.1) is 0 Å². The standard InChI is InChI=1S/C12H15ClN4O/c1-17-8-10(13)11(16-17)12(18)15-14-7-9-5-3-2-4-6-9/h2-3,7-9H,4-6H2,1H3,(H,15,18)/b14-7+. The van der Waals surface area contributed by atoms with Gasteiger partial charge in [-0.25, -0.2) is 5.43 Å². The molecule has 1 heterocycles. The summed E-state index contributed by atoms with van der Waals surface area (Å²) in [4.78, 5) is 11.7. The summed E-state index contributed by atoms with van der Waals surface area (Å²) in [6.07, 6.45) is 10.8. The fourth-order valence-corrected chi connectivity index (χ4v) is 2.08. The van der Waals surface area contributed by atoms with Gasteiger partial charge < -0.3 is 0 Å². The van der Waals surface area contributed by atoms with Crippen molar-refractivity contribution in [3.8, 4) is 0 Å². The number of aryl methyl sites for hydroxylation is 1. The van der Waals surface area contributed by atoms with E-state index in [9.17, 15) is 4.79 Å². The van der Waals surface area contributed by atoms with Crippen molar-refractivity contribution in [2.45, 2.75) is 19.3 Å². The van der Waals surface area contributed by atoms with Crippen molar-refractivity contribution in [3.05, 3.63) is 29.1 Å². The number of hydrazone groups is 1. The van der Waals surface area contributed by atoms with Crippen molar-refractivity contribution in [2.24, 2.45) is 18.1 Å². The SMILES string of the molecule is Cn1cc(Cl)c(C(=O)N/N=C/C2CC=CCC2)n1. The normalized spacial score (nSPS) is 19.3. The predicted molar refractivity (Wildman–Crippen MR) is 70.7 cm³/mol. The second-order valence-electron chi connectivity index (χ2n) is 4.26. The number of aromatic nitrogens is 2. The molecule has 1 N–H and O–H groups in total. The van der Waals surface area contributed by atoms with Gasteiger partial charge in [0, 0.05) is 19.5 Å². The number of amides is 1. The van der Waals surface area contributed by atoms with E-state index in [1.807, 2.05) is 0 Å². The van der Waals surface area contributed by atoms with E-state index in [-0.39, 0.29) is 11.6 Å². The lowest BCUT2D eigenvalue weighted by molar-refractivity contribution is 0.0949. The summed E-state index contributed by atoms with van der Waals surface area (Å²) in [7, 11) is 1.71. The lowest BCUT2D eigenvalue weighted by atomic mass is 9.96. The van der Waals surface area contributed by atoms with Crippen LogP contribution in [0.1, 0.15) is 29.8 Å². The second-order valence-corrected chi connectivity index (χ2v) is 4.67. The van der Waals surface area contributed by atoms with E-state index in [2.05, 4.69) is 27.8 Å². The highest BCUT2D eigenvalue weighted by molar-refractivity contribution is 6.33. The molecule has 96 valence electrons. The Balaban J connectivity index is 1.90. The summed E-state index contributed by atoms with van der Waals surface area (Å²) < 4.78 is 1.49. The Bertz CT molecular complexity index is 492. The molecule has 5 nitrogen and oxygen atoms in total. The molecule has 1 aliphatic carbocycles. The van der Waals surface area contributed by atoms with E-state index in [1.165, 1.54) is 4.68 Å². The molecule has 0 radical (unpaired) electrons. The van der Waals surface area contributed by atoms with Crippen molar-refractivity contribution >= 4 is 23.7 Å². The van der Waals surface area contributed by atoms with Crippen LogP contribution in [0.5, 0.6) is 0 Å². The summed E-state index contributed by atoms with van der Waals surface area (Å²) in [5.74, 6) is 0.0118. The van der Waals surface area contributed by atoms with Gasteiger partial charge in [0.2, 0.25) is 0 Å². The number of nitrogens with zero attached hydrogens (tertiary/aromatic N) is 3. The summed E-state index contributed by atoms with van der Waals surface area (Å²) >= 11 is 5.86. The molecule has 0 saturated heterocycles. The van der Waals surface area contributed by atoms with Crippen molar-refractivity contribution < 1.29 is 4.79 Å². The first-order chi connectivity index (χ1) is 8.66. The molecular weight excluding hydrogens is 252 g/mol. The second kappa shape index (κ2) is 5.82. The molecule has 0 saturated carbocycles. The van der Waals surface area contributed by atoms with E-state index in [4.69, 9.17) is 11.6 Å². The lowest BCUT2D eigenvalue weighted by Gasteiger charge is -2.11. The quantitative estimate of drug-likeness (QED) is 0.518. The summed E-state index contributed by atoms with van der Waals surface area (Å²) in [6.45, 7) is 0. The number of halogens is 1. The van der Waals surface area contributed by atoms with Gasteiger partial charge >= 0.3 is 0 Å². The summed E-state index contributed by atoms with van der Waals surface area (Å²) in [6, 6.07) is 0. The highest BCUT2D eigenvalue weighted by atomic mass is 35.5. The minimum absolute atomic E-state index is 0.194. The molecule has 1 aromatic rings. The molecule has 1 atom stereocenters. The minimum Gasteiger partial charge on any atom is -0.273 e. The molecule has 0 aromatic carbocycles. The first kappa shape index (κ1) is 12.8. The Labute approximate surface area is 111 Å². The maximum Gasteiger partial charge on any atom is 0.293 e. The van der Waals surface area contributed by atoms with Crippen LogP contribution < -0.4 is 5.43 Å². The third kappa shape index (κ3) is 3.20. The summed E-state index contributed by atoms with van der Waals surface area (Å²) in [5, 5.41) is 8.24. The molecule has 18 heavy (non-hydrogen) atoms. The number of allylic oxidation sites excluding steroid dienone is 2. The zero-order valence-electron chi connectivity index (χ0n) is 10.1. The number of hydrogen-bond donors (Lipinski definition) is 1. The molecule has 6 heteroatoms. The number of carbonyl (C=O) groups is 1. The van der Waals surface area contributed by atoms with Gasteiger partial charge in [-0.05, 0) is 25.2 Å². The molecule has 0 fully saturated rings. The van der Waals surface area contributed by atoms with Gasteiger partial charge in [-0.1, -0.05) is 23.8 Å². The Morgan fingerprint density at radius 1 is 1.67 bits per heavy atom. The maximum absolute atomic E-state index is 11.7. The molecule has 0 aliphatic heterocycles. The minimum atomic E-state index is -0.386. The van der Waals surface area contributed by atoms with E-state index in [1.54, 1.807) is 19.5 Å². The molecule has 2 rings (SSSR count). The number of carbonyl (C=O) groups excluding carboxylic acids is 1. The van der Waals surface area contributed by atoms with E-state index in [0.29, 0.717) is 10.9 Å². The Morgan fingerprint density at radius 3 is 3.11 bits per heavy atom. The third-order valence-electron chi connectivity index (χ3n) is 2.76. The van der Waals surface area contributed by atoms with Crippen LogP contribution in [0.4, 0.5) is 0 Å². The number of hydrogen-bond acceptors (Lipinski definition) is 3. The zero-order valence-corrected chi connectivity index (χ0v) is 10.9. The van der Waals surface area contributed by atoms with Crippen molar-refractivity contribution in [1.82, 2.24) is 15.2 Å². The van der Waals surface area contributed by atoms with Gasteiger partial charge in [0.25, 0.3) is 5.91 Å². The first-order valence-electron chi connectivity index (χ1n) is 5.84. The molecule has 1 amide bonds. The Hall–Kier alpha value is -1.62. The largest absolute Gasteiger partial charge is 0.293 e. The van der Waals surface area contributed by atoms with Gasteiger partial charge in [-0.2, -0.15) is 10.2 Å². The summed E-state index contributed by atoms with van der Waals surface area (Å²) in [5.41, 5.74) is 2.64.